The quantitative estimate of drug-likeness (QED) is 0.640. The lowest BCUT2D eigenvalue weighted by Gasteiger charge is -2.32. The number of carbonyl (C=O) groups is 2. The Bertz CT molecular complexity index is 290. The zero-order chi connectivity index (χ0) is 13.5. The van der Waals surface area contributed by atoms with Crippen LogP contribution in [0.1, 0.15) is 26.7 Å². The SMILES string of the molecule is CCN(CC1CCCNC1)C(C)C(=O)NC(N)=O. The molecule has 2 atom stereocenters. The molecule has 0 aliphatic carbocycles. The van der Waals surface area contributed by atoms with Crippen LogP contribution in [0.15, 0.2) is 0 Å². The van der Waals surface area contributed by atoms with Gasteiger partial charge in [-0.2, -0.15) is 0 Å². The number of hydrogen-bond donors (Lipinski definition) is 3. The summed E-state index contributed by atoms with van der Waals surface area (Å²) < 4.78 is 0. The van der Waals surface area contributed by atoms with Crippen molar-refractivity contribution in [2.75, 3.05) is 26.2 Å². The molecule has 1 rings (SSSR count). The van der Waals surface area contributed by atoms with E-state index in [0.29, 0.717) is 5.92 Å². The van der Waals surface area contributed by atoms with E-state index in [9.17, 15) is 9.59 Å². The molecule has 2 unspecified atom stereocenters. The summed E-state index contributed by atoms with van der Waals surface area (Å²) in [4.78, 5) is 24.5. The van der Waals surface area contributed by atoms with Gasteiger partial charge in [0, 0.05) is 6.54 Å². The van der Waals surface area contributed by atoms with Crippen LogP contribution >= 0.6 is 0 Å². The molecule has 0 aromatic rings. The average Bonchev–Trinajstić information content (AvgIpc) is 2.35. The molecule has 4 N–H and O–H groups in total. The van der Waals surface area contributed by atoms with Crippen molar-refractivity contribution < 1.29 is 9.59 Å². The van der Waals surface area contributed by atoms with Crippen LogP contribution in [-0.2, 0) is 4.79 Å². The van der Waals surface area contributed by atoms with Crippen LogP contribution in [0.2, 0.25) is 0 Å². The Hall–Kier alpha value is -1.14. The van der Waals surface area contributed by atoms with E-state index in [4.69, 9.17) is 5.73 Å². The van der Waals surface area contributed by atoms with Gasteiger partial charge in [-0.1, -0.05) is 6.92 Å². The molecule has 1 fully saturated rings. The number of imide groups is 1. The number of likely N-dealkylation sites (N-methyl/N-ethyl adjacent to an activating group) is 1. The molecule has 1 aliphatic heterocycles. The van der Waals surface area contributed by atoms with Gasteiger partial charge < -0.3 is 11.1 Å². The lowest BCUT2D eigenvalue weighted by molar-refractivity contribution is -0.124. The molecule has 0 spiro atoms. The van der Waals surface area contributed by atoms with Gasteiger partial charge in [-0.15, -0.1) is 0 Å². The number of nitrogens with one attached hydrogen (secondary N) is 2. The third-order valence-corrected chi connectivity index (χ3v) is 3.47. The molecule has 6 heteroatoms. The maximum Gasteiger partial charge on any atom is 0.318 e. The van der Waals surface area contributed by atoms with Gasteiger partial charge in [-0.3, -0.25) is 15.0 Å². The molecule has 0 aromatic heterocycles. The molecule has 0 bridgehead atoms. The van der Waals surface area contributed by atoms with Crippen molar-refractivity contribution in [3.8, 4) is 0 Å². The van der Waals surface area contributed by atoms with E-state index in [1.165, 1.54) is 12.8 Å². The van der Waals surface area contributed by atoms with Gasteiger partial charge in [0.1, 0.15) is 0 Å². The number of nitrogens with zero attached hydrogens (tertiary/aromatic N) is 1. The van der Waals surface area contributed by atoms with Crippen LogP contribution in [0.5, 0.6) is 0 Å². The van der Waals surface area contributed by atoms with E-state index in [1.807, 2.05) is 6.92 Å². The van der Waals surface area contributed by atoms with E-state index in [0.717, 1.165) is 26.2 Å². The van der Waals surface area contributed by atoms with Crippen LogP contribution < -0.4 is 16.4 Å². The predicted octanol–water partition coefficient (Wildman–Crippen LogP) is -0.109. The summed E-state index contributed by atoms with van der Waals surface area (Å²) in [5.74, 6) is 0.246. The first-order valence-electron chi connectivity index (χ1n) is 6.59. The number of primary amides is 1. The summed E-state index contributed by atoms with van der Waals surface area (Å²) in [6.07, 6.45) is 2.37. The molecule has 1 saturated heterocycles. The van der Waals surface area contributed by atoms with E-state index in [2.05, 4.69) is 15.5 Å². The second kappa shape index (κ2) is 7.33. The Balaban J connectivity index is 2.47. The average molecular weight is 256 g/mol. The second-order valence-electron chi connectivity index (χ2n) is 4.83. The number of amides is 3. The minimum Gasteiger partial charge on any atom is -0.351 e. The Morgan fingerprint density at radius 1 is 1.56 bits per heavy atom. The number of piperidine rings is 1. The van der Waals surface area contributed by atoms with Crippen LogP contribution in [0.4, 0.5) is 4.79 Å². The zero-order valence-electron chi connectivity index (χ0n) is 11.2. The molecule has 1 aliphatic rings. The Morgan fingerprint density at radius 2 is 2.28 bits per heavy atom. The molecule has 104 valence electrons. The molecule has 0 radical (unpaired) electrons. The molecule has 3 amide bonds. The Kier molecular flexibility index (Phi) is 6.07. The maximum absolute atomic E-state index is 11.7. The standard InChI is InChI=1S/C12H24N4O2/c1-3-16(8-10-5-4-6-14-7-10)9(2)11(17)15-12(13)18/h9-10,14H,3-8H2,1-2H3,(H3,13,15,17,18). The van der Waals surface area contributed by atoms with Gasteiger partial charge in [0.25, 0.3) is 0 Å². The number of rotatable bonds is 5. The number of nitrogens with two attached hydrogens (primary N) is 1. The van der Waals surface area contributed by atoms with Gasteiger partial charge in [0.15, 0.2) is 0 Å². The third kappa shape index (κ3) is 4.62. The molecular formula is C12H24N4O2. The smallest absolute Gasteiger partial charge is 0.318 e. The molecule has 0 saturated carbocycles. The third-order valence-electron chi connectivity index (χ3n) is 3.47. The fraction of sp³-hybridized carbons (Fsp3) is 0.833. The van der Waals surface area contributed by atoms with Gasteiger partial charge >= 0.3 is 6.03 Å². The topological polar surface area (TPSA) is 87.5 Å². The first-order valence-corrected chi connectivity index (χ1v) is 6.59. The van der Waals surface area contributed by atoms with E-state index in [-0.39, 0.29) is 11.9 Å². The number of carbonyl (C=O) groups excluding carboxylic acids is 2. The van der Waals surface area contributed by atoms with Crippen molar-refractivity contribution in [3.05, 3.63) is 0 Å². The molecular weight excluding hydrogens is 232 g/mol. The summed E-state index contributed by atoms with van der Waals surface area (Å²) in [6, 6.07) is -1.12. The lowest BCUT2D eigenvalue weighted by Crippen LogP contribution is -2.50. The number of hydrogen-bond acceptors (Lipinski definition) is 4. The van der Waals surface area contributed by atoms with Gasteiger partial charge in [0.05, 0.1) is 6.04 Å². The zero-order valence-corrected chi connectivity index (χ0v) is 11.2. The molecule has 1 heterocycles. The summed E-state index contributed by atoms with van der Waals surface area (Å²) in [7, 11) is 0. The van der Waals surface area contributed by atoms with Crippen LogP contribution in [0.25, 0.3) is 0 Å². The largest absolute Gasteiger partial charge is 0.351 e. The Morgan fingerprint density at radius 3 is 2.78 bits per heavy atom. The fourth-order valence-electron chi connectivity index (χ4n) is 2.36. The van der Waals surface area contributed by atoms with Crippen molar-refractivity contribution in [2.45, 2.75) is 32.7 Å². The van der Waals surface area contributed by atoms with Gasteiger partial charge in [-0.05, 0) is 45.3 Å². The van der Waals surface area contributed by atoms with E-state index < -0.39 is 6.03 Å². The maximum atomic E-state index is 11.7. The predicted molar refractivity (Wildman–Crippen MR) is 70.0 cm³/mol. The van der Waals surface area contributed by atoms with Gasteiger partial charge in [-0.25, -0.2) is 4.79 Å². The molecule has 0 aromatic carbocycles. The van der Waals surface area contributed by atoms with Crippen molar-refractivity contribution in [1.82, 2.24) is 15.5 Å². The normalized spacial score (nSPS) is 21.6. The van der Waals surface area contributed by atoms with Gasteiger partial charge in [0.2, 0.25) is 5.91 Å². The van der Waals surface area contributed by atoms with Crippen LogP contribution in [0.3, 0.4) is 0 Å². The van der Waals surface area contributed by atoms with Crippen LogP contribution in [0, 0.1) is 5.92 Å². The first kappa shape index (κ1) is 14.9. The Labute approximate surface area is 108 Å². The fourth-order valence-corrected chi connectivity index (χ4v) is 2.36. The van der Waals surface area contributed by atoms with E-state index in [1.54, 1.807) is 6.92 Å². The summed E-state index contributed by atoms with van der Waals surface area (Å²) in [5, 5.41) is 5.50. The highest BCUT2D eigenvalue weighted by Gasteiger charge is 2.24. The molecule has 6 nitrogen and oxygen atoms in total. The number of urea groups is 1. The highest BCUT2D eigenvalue weighted by Crippen LogP contribution is 2.13. The summed E-state index contributed by atoms with van der Waals surface area (Å²) >= 11 is 0. The highest BCUT2D eigenvalue weighted by atomic mass is 16.2. The monoisotopic (exact) mass is 256 g/mol. The molecule has 18 heavy (non-hydrogen) atoms. The van der Waals surface area contributed by atoms with Crippen LogP contribution in [-0.4, -0.2) is 49.1 Å². The van der Waals surface area contributed by atoms with Crippen molar-refractivity contribution in [3.63, 3.8) is 0 Å². The first-order chi connectivity index (χ1) is 8.54. The second-order valence-corrected chi connectivity index (χ2v) is 4.83. The summed E-state index contributed by atoms with van der Waals surface area (Å²) in [5.41, 5.74) is 4.96. The minimum absolute atomic E-state index is 0.326. The van der Waals surface area contributed by atoms with Crippen molar-refractivity contribution >= 4 is 11.9 Å². The van der Waals surface area contributed by atoms with Crippen molar-refractivity contribution in [2.24, 2.45) is 11.7 Å². The van der Waals surface area contributed by atoms with E-state index >= 15 is 0 Å². The van der Waals surface area contributed by atoms with Crippen molar-refractivity contribution in [1.29, 1.82) is 0 Å². The summed E-state index contributed by atoms with van der Waals surface area (Å²) in [6.45, 7) is 7.56. The highest BCUT2D eigenvalue weighted by molar-refractivity contribution is 5.96. The minimum atomic E-state index is -0.790. The lowest BCUT2D eigenvalue weighted by atomic mass is 9.98.